The second kappa shape index (κ2) is 31.9. The first-order chi connectivity index (χ1) is 42.8. The Balaban J connectivity index is 0.000000159. The van der Waals surface area contributed by atoms with Gasteiger partial charge in [0.2, 0.25) is 0 Å². The first-order valence-corrected chi connectivity index (χ1v) is 34.2. The van der Waals surface area contributed by atoms with Crippen LogP contribution in [0.1, 0.15) is 139 Å². The maximum atomic E-state index is 2.35. The molecule has 14 aromatic carbocycles. The molecular weight excluding hydrogens is 1310 g/mol. The van der Waals surface area contributed by atoms with Crippen LogP contribution >= 0.6 is 0 Å². The number of hydrogen-bond acceptors (Lipinski definition) is 0. The van der Waals surface area contributed by atoms with Crippen LogP contribution in [-0.2, 0) is 70.1 Å². The van der Waals surface area contributed by atoms with Gasteiger partial charge in [0.05, 0.1) is 0 Å². The molecule has 4 heteroatoms. The Morgan fingerprint density at radius 2 is 0.467 bits per heavy atom. The Bertz CT molecular complexity index is 4070. The monoisotopic (exact) mass is 1390 g/mol. The number of aryl methyl sites for hydroxylation is 2. The molecule has 464 valence electrons. The van der Waals surface area contributed by atoms with E-state index in [1.165, 1.54) is 175 Å². The number of benzene rings is 10. The summed E-state index contributed by atoms with van der Waals surface area (Å²) in [5, 5.41) is 16.3. The number of hydrogen-bond donors (Lipinski definition) is 0. The summed E-state index contributed by atoms with van der Waals surface area (Å²) < 4.78 is 2.83. The van der Waals surface area contributed by atoms with Gasteiger partial charge in [-0.1, -0.05) is 180 Å². The van der Waals surface area contributed by atoms with E-state index < -0.39 is 0 Å². The molecule has 0 saturated heterocycles. The first-order valence-electron chi connectivity index (χ1n) is 31.7. The van der Waals surface area contributed by atoms with E-state index in [-0.39, 0.29) is 46.5 Å². The minimum atomic E-state index is 0. The van der Waals surface area contributed by atoms with Crippen molar-refractivity contribution in [2.75, 3.05) is 0 Å². The summed E-state index contributed by atoms with van der Waals surface area (Å²) in [6, 6.07) is 100. The van der Waals surface area contributed by atoms with E-state index in [0.717, 1.165) is 0 Å². The van der Waals surface area contributed by atoms with Gasteiger partial charge in [-0.15, -0.1) is 161 Å². The van der Waals surface area contributed by atoms with E-state index in [1.807, 2.05) is 0 Å². The van der Waals surface area contributed by atoms with E-state index >= 15 is 0 Å². The molecule has 0 radical (unpaired) electrons. The van der Waals surface area contributed by atoms with Crippen molar-refractivity contribution < 1.29 is 73.3 Å². The third-order valence-corrected chi connectivity index (χ3v) is 19.5. The number of rotatable bonds is 4. The van der Waals surface area contributed by atoms with Crippen LogP contribution in [0.3, 0.4) is 0 Å². The van der Waals surface area contributed by atoms with Crippen molar-refractivity contribution in [3.63, 3.8) is 0 Å². The Labute approximate surface area is 592 Å². The van der Waals surface area contributed by atoms with Crippen LogP contribution < -0.4 is 24.8 Å². The maximum absolute atomic E-state index is 2.35. The Kier molecular flexibility index (Phi) is 25.2. The van der Waals surface area contributed by atoms with Crippen LogP contribution in [0.25, 0.3) is 64.6 Å². The van der Waals surface area contributed by atoms with Crippen LogP contribution in [0.2, 0.25) is 0 Å². The molecule has 92 heavy (non-hydrogen) atoms. The Morgan fingerprint density at radius 3 is 0.685 bits per heavy atom. The van der Waals surface area contributed by atoms with Gasteiger partial charge in [-0.3, -0.25) is 0 Å². The second-order valence-corrected chi connectivity index (χ2v) is 30.5. The average Bonchev–Trinajstić information content (AvgIpc) is 1.63. The summed E-state index contributed by atoms with van der Waals surface area (Å²) in [7, 11) is 0. The Morgan fingerprint density at radius 1 is 0.250 bits per heavy atom. The average molecular weight is 1400 g/mol. The molecule has 0 atom stereocenters. The molecule has 0 aliphatic rings. The molecule has 0 heterocycles. The first kappa shape index (κ1) is 72.7. The van der Waals surface area contributed by atoms with E-state index in [1.54, 1.807) is 0 Å². The predicted molar refractivity (Wildman–Crippen MR) is 390 cm³/mol. The van der Waals surface area contributed by atoms with Gasteiger partial charge in [-0.25, -0.2) is 0 Å². The van der Waals surface area contributed by atoms with Crippen molar-refractivity contribution in [3.8, 4) is 0 Å². The van der Waals surface area contributed by atoms with E-state index in [9.17, 15) is 0 Å². The summed E-state index contributed by atoms with van der Waals surface area (Å²) in [6.45, 7) is 31.5. The quantitative estimate of drug-likeness (QED) is 0.154. The van der Waals surface area contributed by atoms with Gasteiger partial charge in [0.1, 0.15) is 0 Å². The standard InChI is InChI=1S/2C21H25.2C13H10.2C10H9.2ClH.2Zr/c2*1-20(2,3)16-7-9-18-14(12-16)11-15-13-17(21(4,5)6)8-10-19(15)18;2*1-3-7-12(8-4-1)11-13-9-5-2-6-10-13;2*1-8-6-9-4-2-3-5-10(9)7-8;;;;/h2*7-13H,1-6H3;2*1-10H;2*2-7H,1H3;2*1H;;/q2*-1;;;2*-1;;;2*+2/p-2. The van der Waals surface area contributed by atoms with Crippen LogP contribution in [0.4, 0.5) is 0 Å². The fourth-order valence-electron chi connectivity index (χ4n) is 11.3. The van der Waals surface area contributed by atoms with Gasteiger partial charge >= 0.3 is 198 Å². The van der Waals surface area contributed by atoms with Crippen LogP contribution in [0.15, 0.2) is 279 Å². The van der Waals surface area contributed by atoms with Crippen LogP contribution in [0.5, 0.6) is 0 Å². The van der Waals surface area contributed by atoms with E-state index in [2.05, 4.69) is 376 Å². The van der Waals surface area contributed by atoms with Crippen molar-refractivity contribution in [2.45, 2.75) is 119 Å². The van der Waals surface area contributed by atoms with Gasteiger partial charge in [-0.05, 0) is 21.7 Å². The molecule has 0 N–H and O–H groups in total. The molecule has 0 fully saturated rings. The fourth-order valence-corrected chi connectivity index (χ4v) is 12.9. The van der Waals surface area contributed by atoms with Crippen molar-refractivity contribution >= 4 is 71.0 Å². The van der Waals surface area contributed by atoms with Gasteiger partial charge in [0.15, 0.2) is 0 Å². The third kappa shape index (κ3) is 19.2. The molecule has 0 spiro atoms. The van der Waals surface area contributed by atoms with Gasteiger partial charge in [0.25, 0.3) is 0 Å². The summed E-state index contributed by atoms with van der Waals surface area (Å²) in [5.74, 6) is 0. The van der Waals surface area contributed by atoms with Crippen LogP contribution in [0, 0.1) is 13.8 Å². The van der Waals surface area contributed by atoms with Gasteiger partial charge < -0.3 is 24.8 Å². The molecule has 0 saturated carbocycles. The predicted octanol–water partition coefficient (Wildman–Crippen LogP) is 18.0. The van der Waals surface area contributed by atoms with Crippen LogP contribution in [-0.4, -0.2) is 6.41 Å². The second-order valence-electron chi connectivity index (χ2n) is 28.0. The molecule has 0 aliphatic heterocycles. The summed E-state index contributed by atoms with van der Waals surface area (Å²) >= 11 is 2.92. The molecule has 0 aliphatic carbocycles. The summed E-state index contributed by atoms with van der Waals surface area (Å²) in [6.07, 6.45) is 0. The topological polar surface area (TPSA) is 0 Å². The molecule has 0 bridgehead atoms. The summed E-state index contributed by atoms with van der Waals surface area (Å²) in [5.41, 5.74) is 14.4. The SMILES string of the molecule is CC(C)(C)c1ccc2c(c1)[cH-]c1cc(C(C)(C)C)ccc12.CC(C)(C)c1ccc2c(c1)[cH-]c1cc(C(C)(C)C)ccc12.Cc1cc2ccccc2[cH-]1.Cc1cc2ccccc2[cH-]1.[Cl-].[Cl-].[Zr+2]=[C](c1ccccc1)c1ccccc1.[Zr+2]=[C](c1ccccc1)c1ccccc1. The van der Waals surface area contributed by atoms with Crippen molar-refractivity contribution in [3.05, 3.63) is 335 Å². The molecular formula is C88H88Cl2Zr2-2. The van der Waals surface area contributed by atoms with E-state index in [4.69, 9.17) is 0 Å². The van der Waals surface area contributed by atoms with Gasteiger partial charge in [-0.2, -0.15) is 12.1 Å². The number of halogens is 2. The summed E-state index contributed by atoms with van der Waals surface area (Å²) in [4.78, 5) is 0. The zero-order valence-corrected chi connectivity index (χ0v) is 62.7. The normalized spacial score (nSPS) is 11.3. The fraction of sp³-hybridized carbons (Fsp3) is 0.205. The van der Waals surface area contributed by atoms with E-state index in [0.29, 0.717) is 0 Å². The molecule has 14 rings (SSSR count). The third-order valence-electron chi connectivity index (χ3n) is 16.6. The molecule has 14 aromatic rings. The minimum absolute atomic E-state index is 0. The molecule has 0 amide bonds. The molecule has 0 aromatic heterocycles. The zero-order chi connectivity index (χ0) is 64.4. The van der Waals surface area contributed by atoms with Crippen molar-refractivity contribution in [1.82, 2.24) is 0 Å². The zero-order valence-electron chi connectivity index (χ0n) is 56.3. The number of fused-ring (bicyclic) bond motifs is 8. The van der Waals surface area contributed by atoms with Crippen molar-refractivity contribution in [1.29, 1.82) is 0 Å². The molecule has 0 unspecified atom stereocenters. The Hall–Kier alpha value is -6.75. The molecule has 0 nitrogen and oxygen atoms in total. The van der Waals surface area contributed by atoms with Crippen molar-refractivity contribution in [2.24, 2.45) is 0 Å². The van der Waals surface area contributed by atoms with Gasteiger partial charge in [0, 0.05) is 0 Å².